The van der Waals surface area contributed by atoms with E-state index >= 15 is 0 Å². The highest BCUT2D eigenvalue weighted by molar-refractivity contribution is 6.33. The molecule has 0 bridgehead atoms. The number of alkyl halides is 1. The molecule has 206 valence electrons. The van der Waals surface area contributed by atoms with E-state index in [2.05, 4.69) is 21.3 Å². The molecule has 3 aromatic rings. The van der Waals surface area contributed by atoms with Gasteiger partial charge in [-0.2, -0.15) is 0 Å². The first kappa shape index (κ1) is 28.7. The predicted molar refractivity (Wildman–Crippen MR) is 146 cm³/mol. The molecule has 0 aromatic carbocycles. The van der Waals surface area contributed by atoms with Crippen LogP contribution in [-0.4, -0.2) is 61.9 Å². The molecule has 3 heterocycles. The molecule has 15 heteroatoms. The smallest absolute Gasteiger partial charge is 0.273 e. The first-order valence-electron chi connectivity index (χ1n) is 11.5. The Hall–Kier alpha value is -4.85. The van der Waals surface area contributed by atoms with Crippen LogP contribution in [0.1, 0.15) is 48.2 Å². The number of amides is 4. The summed E-state index contributed by atoms with van der Waals surface area (Å²) in [6.45, 7) is 0.181. The number of aryl methyl sites for hydroxylation is 3. The van der Waals surface area contributed by atoms with E-state index in [1.54, 1.807) is 14.1 Å². The highest BCUT2D eigenvalue weighted by Gasteiger charge is 2.27. The van der Waals surface area contributed by atoms with Crippen LogP contribution in [0.15, 0.2) is 30.7 Å². The topological polar surface area (TPSA) is 198 Å². The van der Waals surface area contributed by atoms with Crippen LogP contribution >= 0.6 is 11.6 Å². The van der Waals surface area contributed by atoms with Gasteiger partial charge in [-0.1, -0.05) is 0 Å². The molecule has 3 rings (SSSR count). The molecule has 0 saturated carbocycles. The minimum absolute atomic E-state index is 0.0533. The van der Waals surface area contributed by atoms with Gasteiger partial charge in [0.2, 0.25) is 6.41 Å². The third-order valence-electron chi connectivity index (χ3n) is 5.68. The van der Waals surface area contributed by atoms with Crippen LogP contribution in [0.5, 0.6) is 0 Å². The fourth-order valence-corrected chi connectivity index (χ4v) is 4.05. The minimum atomic E-state index is -0.670. The zero-order valence-corrected chi connectivity index (χ0v) is 22.2. The molecular formula is C24H28ClN9O5. The van der Waals surface area contributed by atoms with Crippen molar-refractivity contribution in [1.29, 1.82) is 5.41 Å². The Labute approximate surface area is 228 Å². The fraction of sp³-hybridized carbons (Fsp3) is 0.250. The zero-order chi connectivity index (χ0) is 28.9. The van der Waals surface area contributed by atoms with E-state index < -0.39 is 29.4 Å². The van der Waals surface area contributed by atoms with Gasteiger partial charge in [0.1, 0.15) is 17.1 Å². The number of amidine groups is 1. The van der Waals surface area contributed by atoms with Gasteiger partial charge in [-0.05, 0) is 12.1 Å². The van der Waals surface area contributed by atoms with Gasteiger partial charge in [0.25, 0.3) is 17.7 Å². The number of ketones is 1. The van der Waals surface area contributed by atoms with Crippen LogP contribution in [0.25, 0.3) is 0 Å². The van der Waals surface area contributed by atoms with Crippen molar-refractivity contribution in [3.05, 3.63) is 53.4 Å². The van der Waals surface area contributed by atoms with Gasteiger partial charge in [-0.15, -0.1) is 11.6 Å². The summed E-state index contributed by atoms with van der Waals surface area (Å²) in [5.74, 6) is -2.77. The number of carbonyl (C=O) groups is 5. The Balaban J connectivity index is 1.86. The van der Waals surface area contributed by atoms with E-state index in [4.69, 9.17) is 22.7 Å². The van der Waals surface area contributed by atoms with Gasteiger partial charge >= 0.3 is 0 Å². The second-order valence-electron chi connectivity index (χ2n) is 8.59. The van der Waals surface area contributed by atoms with Crippen molar-refractivity contribution in [3.8, 4) is 0 Å². The molecule has 0 unspecified atom stereocenters. The molecule has 0 aliphatic rings. The van der Waals surface area contributed by atoms with Gasteiger partial charge < -0.3 is 40.7 Å². The number of hydrogen-bond acceptors (Lipinski definition) is 6. The lowest BCUT2D eigenvalue weighted by Crippen LogP contribution is -2.28. The van der Waals surface area contributed by atoms with Crippen molar-refractivity contribution in [2.75, 3.05) is 28.4 Å². The quantitative estimate of drug-likeness (QED) is 0.0636. The van der Waals surface area contributed by atoms with E-state index in [1.165, 1.54) is 51.5 Å². The van der Waals surface area contributed by atoms with Crippen molar-refractivity contribution in [1.82, 2.24) is 19.0 Å². The van der Waals surface area contributed by atoms with E-state index in [0.29, 0.717) is 12.1 Å². The van der Waals surface area contributed by atoms with Crippen molar-refractivity contribution in [2.24, 2.45) is 26.9 Å². The number of carbonyl (C=O) groups excluding carboxylic acids is 5. The second-order valence-corrected chi connectivity index (χ2v) is 8.85. The van der Waals surface area contributed by atoms with Crippen LogP contribution in [0, 0.1) is 5.41 Å². The van der Waals surface area contributed by atoms with Gasteiger partial charge in [0, 0.05) is 52.7 Å². The third-order valence-corrected chi connectivity index (χ3v) is 5.93. The molecule has 39 heavy (non-hydrogen) atoms. The zero-order valence-electron chi connectivity index (χ0n) is 21.4. The van der Waals surface area contributed by atoms with Crippen molar-refractivity contribution < 1.29 is 24.0 Å². The van der Waals surface area contributed by atoms with E-state index in [9.17, 15) is 24.0 Å². The van der Waals surface area contributed by atoms with Gasteiger partial charge in [-0.25, -0.2) is 0 Å². The Morgan fingerprint density at radius 3 is 2.15 bits per heavy atom. The number of rotatable bonds is 12. The number of anilines is 3. The maximum absolute atomic E-state index is 13.3. The first-order chi connectivity index (χ1) is 18.5. The van der Waals surface area contributed by atoms with Crippen LogP contribution in [0.4, 0.5) is 17.1 Å². The lowest BCUT2D eigenvalue weighted by atomic mass is 10.1. The molecule has 14 nitrogen and oxygen atoms in total. The summed E-state index contributed by atoms with van der Waals surface area (Å²) in [6, 6.07) is 2.91. The molecule has 0 radical (unpaired) electrons. The van der Waals surface area contributed by atoms with Crippen molar-refractivity contribution in [2.45, 2.75) is 6.42 Å². The molecular weight excluding hydrogens is 530 g/mol. The Bertz CT molecular complexity index is 1470. The van der Waals surface area contributed by atoms with Gasteiger partial charge in [0.05, 0.1) is 34.3 Å². The predicted octanol–water partition coefficient (Wildman–Crippen LogP) is 1.25. The molecule has 0 fully saturated rings. The molecule has 4 amide bonds. The van der Waals surface area contributed by atoms with Crippen LogP contribution in [0.2, 0.25) is 0 Å². The number of aromatic nitrogens is 3. The standard InChI is InChI=1S/C24H28ClN9O5/c1-32-9-13(29-12-35)6-17(32)23(38)31-15-11-34(3)21(20(15)18(36)8-25)24(39)30-14-7-16(33(2)10-14)22(37)28-5-4-19(26)27/h6-7,9-12H,4-5,8H2,1-3H3,(H3,26,27)(H,28,37)(H,29,35)(H,30,39)(H,31,38). The summed E-state index contributed by atoms with van der Waals surface area (Å²) >= 11 is 5.82. The summed E-state index contributed by atoms with van der Waals surface area (Å²) in [5, 5.41) is 17.6. The third kappa shape index (κ3) is 6.54. The van der Waals surface area contributed by atoms with E-state index in [0.717, 1.165) is 0 Å². The van der Waals surface area contributed by atoms with Crippen LogP contribution in [-0.2, 0) is 25.9 Å². The van der Waals surface area contributed by atoms with Crippen molar-refractivity contribution in [3.63, 3.8) is 0 Å². The SMILES string of the molecule is Cn1cc(NC(=O)c2c(C(=O)CCl)c(NC(=O)c3cc(NC=O)cn3C)cn2C)cc1C(=O)NCCC(=N)N. The molecule has 0 aliphatic carbocycles. The monoisotopic (exact) mass is 557 g/mol. The van der Waals surface area contributed by atoms with E-state index in [-0.39, 0.29) is 52.8 Å². The number of halogens is 1. The second kappa shape index (κ2) is 12.1. The molecule has 0 saturated heterocycles. The Morgan fingerprint density at radius 1 is 0.923 bits per heavy atom. The highest BCUT2D eigenvalue weighted by Crippen LogP contribution is 2.26. The van der Waals surface area contributed by atoms with Gasteiger partial charge in [0.15, 0.2) is 5.78 Å². The summed E-state index contributed by atoms with van der Waals surface area (Å²) in [5.41, 5.74) is 6.36. The molecule has 3 aromatic heterocycles. The normalized spacial score (nSPS) is 10.6. The van der Waals surface area contributed by atoms with Crippen LogP contribution < -0.4 is 27.0 Å². The van der Waals surface area contributed by atoms with Crippen LogP contribution in [0.3, 0.4) is 0 Å². The number of nitrogens with zero attached hydrogens (tertiary/aromatic N) is 3. The molecule has 0 aliphatic heterocycles. The maximum Gasteiger partial charge on any atom is 0.273 e. The lowest BCUT2D eigenvalue weighted by molar-refractivity contribution is -0.105. The summed E-state index contributed by atoms with van der Waals surface area (Å²) in [4.78, 5) is 62.2. The number of nitrogens with two attached hydrogens (primary N) is 1. The number of hydrogen-bond donors (Lipinski definition) is 6. The Morgan fingerprint density at radius 2 is 1.54 bits per heavy atom. The molecule has 0 atom stereocenters. The van der Waals surface area contributed by atoms with E-state index in [1.807, 2.05) is 0 Å². The average Bonchev–Trinajstić information content (AvgIpc) is 3.52. The minimum Gasteiger partial charge on any atom is -0.388 e. The molecule has 7 N–H and O–H groups in total. The lowest BCUT2D eigenvalue weighted by Gasteiger charge is -2.09. The summed E-state index contributed by atoms with van der Waals surface area (Å²) < 4.78 is 4.38. The Kier molecular flexibility index (Phi) is 8.93. The van der Waals surface area contributed by atoms with Gasteiger partial charge in [-0.3, -0.25) is 29.4 Å². The molecule has 0 spiro atoms. The number of nitrogens with one attached hydrogen (secondary N) is 5. The number of Topliss-reactive ketones (excluding diaryl/α,β-unsaturated/α-hetero) is 1. The largest absolute Gasteiger partial charge is 0.388 e. The average molecular weight is 558 g/mol. The first-order valence-corrected chi connectivity index (χ1v) is 12.0. The summed E-state index contributed by atoms with van der Waals surface area (Å²) in [7, 11) is 4.76. The summed E-state index contributed by atoms with van der Waals surface area (Å²) in [6.07, 6.45) is 5.15. The fourth-order valence-electron chi connectivity index (χ4n) is 3.92. The van der Waals surface area contributed by atoms with Crippen molar-refractivity contribution >= 4 is 64.4 Å². The maximum atomic E-state index is 13.3. The highest BCUT2D eigenvalue weighted by atomic mass is 35.5.